The number of benzene rings is 1. The highest BCUT2D eigenvalue weighted by Crippen LogP contribution is 2.11. The Labute approximate surface area is 130 Å². The van der Waals surface area contributed by atoms with Gasteiger partial charge in [0.2, 0.25) is 5.95 Å². The minimum Gasteiger partial charge on any atom is -0.481 e. The van der Waals surface area contributed by atoms with Gasteiger partial charge in [0.1, 0.15) is 5.75 Å². The van der Waals surface area contributed by atoms with Crippen molar-refractivity contribution in [3.63, 3.8) is 0 Å². The first kappa shape index (κ1) is 15.8. The third kappa shape index (κ3) is 4.44. The zero-order valence-corrected chi connectivity index (χ0v) is 13.0. The molecular weight excluding hydrogens is 280 g/mol. The number of ether oxygens (including phenoxy) is 1. The number of carbonyl (C=O) groups excluding carboxylic acids is 1. The lowest BCUT2D eigenvalue weighted by Crippen LogP contribution is -2.36. The molecule has 22 heavy (non-hydrogen) atoms. The van der Waals surface area contributed by atoms with Gasteiger partial charge in [0.25, 0.3) is 5.91 Å². The molecule has 0 bridgehead atoms. The number of rotatable bonds is 6. The number of hydrogen-bond acceptors (Lipinski definition) is 5. The number of carbonyl (C=O) groups is 1. The fourth-order valence-corrected chi connectivity index (χ4v) is 1.78. The van der Waals surface area contributed by atoms with E-state index in [0.717, 1.165) is 5.69 Å². The number of nitrogens with zero attached hydrogens (tertiary/aromatic N) is 3. The number of para-hydroxylation sites is 1. The predicted octanol–water partition coefficient (Wildman–Crippen LogP) is 1.63. The average molecular weight is 300 g/mol. The second-order valence-electron chi connectivity index (χ2n) is 5.03. The van der Waals surface area contributed by atoms with Crippen molar-refractivity contribution in [2.75, 3.05) is 19.0 Å². The molecule has 1 aromatic carbocycles. The van der Waals surface area contributed by atoms with Crippen LogP contribution in [0.25, 0.3) is 0 Å². The molecule has 1 amide bonds. The number of anilines is 1. The molecule has 1 aromatic heterocycles. The summed E-state index contributed by atoms with van der Waals surface area (Å²) in [6.07, 6.45) is 1.10. The molecule has 1 N–H and O–H groups in total. The summed E-state index contributed by atoms with van der Waals surface area (Å²) in [5, 5.41) is 2.81. The van der Waals surface area contributed by atoms with Crippen LogP contribution in [0.4, 0.5) is 5.95 Å². The molecule has 0 saturated heterocycles. The third-order valence-electron chi connectivity index (χ3n) is 2.97. The summed E-state index contributed by atoms with van der Waals surface area (Å²) in [5.41, 5.74) is 0.749. The molecule has 0 spiro atoms. The van der Waals surface area contributed by atoms with Gasteiger partial charge in [0.15, 0.2) is 6.10 Å². The van der Waals surface area contributed by atoms with Crippen LogP contribution in [0.3, 0.4) is 0 Å². The lowest BCUT2D eigenvalue weighted by atomic mass is 10.3. The zero-order valence-electron chi connectivity index (χ0n) is 13.0. The second-order valence-corrected chi connectivity index (χ2v) is 5.03. The molecule has 6 nitrogen and oxygen atoms in total. The summed E-state index contributed by atoms with van der Waals surface area (Å²) in [6.45, 7) is 2.05. The van der Waals surface area contributed by atoms with Crippen LogP contribution in [0.2, 0.25) is 0 Å². The van der Waals surface area contributed by atoms with E-state index in [9.17, 15) is 4.79 Å². The Bertz CT molecular complexity index is 617. The van der Waals surface area contributed by atoms with Crippen molar-refractivity contribution >= 4 is 11.9 Å². The molecule has 0 saturated carbocycles. The summed E-state index contributed by atoms with van der Waals surface area (Å²) in [5.74, 6) is 1.09. The highest BCUT2D eigenvalue weighted by Gasteiger charge is 2.14. The van der Waals surface area contributed by atoms with Crippen molar-refractivity contribution in [2.24, 2.45) is 0 Å². The van der Waals surface area contributed by atoms with Gasteiger partial charge in [-0.1, -0.05) is 18.2 Å². The molecule has 2 aromatic rings. The Morgan fingerprint density at radius 2 is 2.00 bits per heavy atom. The van der Waals surface area contributed by atoms with E-state index >= 15 is 0 Å². The quantitative estimate of drug-likeness (QED) is 0.878. The van der Waals surface area contributed by atoms with Crippen molar-refractivity contribution in [3.05, 3.63) is 48.3 Å². The first-order valence-corrected chi connectivity index (χ1v) is 7.05. The molecule has 116 valence electrons. The zero-order chi connectivity index (χ0) is 15.9. The van der Waals surface area contributed by atoms with E-state index in [4.69, 9.17) is 4.74 Å². The topological polar surface area (TPSA) is 67.3 Å². The highest BCUT2D eigenvalue weighted by molar-refractivity contribution is 5.80. The van der Waals surface area contributed by atoms with Gasteiger partial charge in [-0.25, -0.2) is 9.97 Å². The fraction of sp³-hybridized carbons (Fsp3) is 0.312. The predicted molar refractivity (Wildman–Crippen MR) is 84.7 cm³/mol. The lowest BCUT2D eigenvalue weighted by molar-refractivity contribution is -0.127. The van der Waals surface area contributed by atoms with Crippen LogP contribution in [0.5, 0.6) is 5.75 Å². The van der Waals surface area contributed by atoms with Gasteiger partial charge >= 0.3 is 0 Å². The van der Waals surface area contributed by atoms with E-state index in [2.05, 4.69) is 15.3 Å². The van der Waals surface area contributed by atoms with Crippen LogP contribution in [0, 0.1) is 0 Å². The molecule has 2 rings (SSSR count). The van der Waals surface area contributed by atoms with E-state index in [-0.39, 0.29) is 5.91 Å². The van der Waals surface area contributed by atoms with Gasteiger partial charge in [-0.2, -0.15) is 0 Å². The van der Waals surface area contributed by atoms with Gasteiger partial charge in [-0.05, 0) is 25.1 Å². The molecule has 6 heteroatoms. The van der Waals surface area contributed by atoms with Gasteiger partial charge in [-0.15, -0.1) is 0 Å². The number of nitrogens with one attached hydrogen (secondary N) is 1. The average Bonchev–Trinajstić information content (AvgIpc) is 2.53. The molecule has 0 radical (unpaired) electrons. The molecule has 0 aliphatic heterocycles. The molecule has 0 unspecified atom stereocenters. The minimum atomic E-state index is -0.572. The van der Waals surface area contributed by atoms with E-state index < -0.39 is 6.10 Å². The summed E-state index contributed by atoms with van der Waals surface area (Å²) in [4.78, 5) is 22.3. The van der Waals surface area contributed by atoms with Crippen molar-refractivity contribution < 1.29 is 9.53 Å². The van der Waals surface area contributed by atoms with Gasteiger partial charge in [0, 0.05) is 20.3 Å². The molecule has 0 fully saturated rings. The molecule has 0 aliphatic carbocycles. The van der Waals surface area contributed by atoms with Crippen LogP contribution in [0.1, 0.15) is 12.6 Å². The molecule has 1 heterocycles. The van der Waals surface area contributed by atoms with Gasteiger partial charge < -0.3 is 15.0 Å². The summed E-state index contributed by atoms with van der Waals surface area (Å²) in [6, 6.07) is 11.0. The maximum Gasteiger partial charge on any atom is 0.261 e. The Kier molecular flexibility index (Phi) is 5.30. The van der Waals surface area contributed by atoms with Crippen molar-refractivity contribution in [1.29, 1.82) is 0 Å². The van der Waals surface area contributed by atoms with Crippen molar-refractivity contribution in [1.82, 2.24) is 15.3 Å². The van der Waals surface area contributed by atoms with E-state index in [1.807, 2.05) is 49.3 Å². The molecule has 1 atom stereocenters. The van der Waals surface area contributed by atoms with E-state index in [1.165, 1.54) is 0 Å². The fourth-order valence-electron chi connectivity index (χ4n) is 1.78. The van der Waals surface area contributed by atoms with Crippen LogP contribution in [-0.4, -0.2) is 36.1 Å². The Morgan fingerprint density at radius 3 is 2.68 bits per heavy atom. The smallest absolute Gasteiger partial charge is 0.261 e. The number of amides is 1. The van der Waals surface area contributed by atoms with Crippen molar-refractivity contribution in [3.8, 4) is 5.75 Å². The van der Waals surface area contributed by atoms with Crippen LogP contribution >= 0.6 is 0 Å². The maximum absolute atomic E-state index is 12.0. The molecule has 0 aliphatic rings. The van der Waals surface area contributed by atoms with Crippen molar-refractivity contribution in [2.45, 2.75) is 19.6 Å². The Balaban J connectivity index is 1.88. The lowest BCUT2D eigenvalue weighted by Gasteiger charge is -2.15. The standard InChI is InChI=1S/C16H20N4O2/c1-12(22-14-7-5-4-6-8-14)15(21)18-11-13-9-10-17-16(19-13)20(2)3/h4-10,12H,11H2,1-3H3,(H,18,21)/t12-/m0/s1. The van der Waals surface area contributed by atoms with E-state index in [1.54, 1.807) is 19.2 Å². The first-order chi connectivity index (χ1) is 10.6. The van der Waals surface area contributed by atoms with E-state index in [0.29, 0.717) is 18.2 Å². The maximum atomic E-state index is 12.0. The first-order valence-electron chi connectivity index (χ1n) is 7.05. The Morgan fingerprint density at radius 1 is 1.27 bits per heavy atom. The van der Waals surface area contributed by atoms with Gasteiger partial charge in [0.05, 0.1) is 12.2 Å². The minimum absolute atomic E-state index is 0.186. The summed E-state index contributed by atoms with van der Waals surface area (Å²) >= 11 is 0. The molecular formula is C16H20N4O2. The Hall–Kier alpha value is -2.63. The number of hydrogen-bond donors (Lipinski definition) is 1. The normalized spacial score (nSPS) is 11.6. The highest BCUT2D eigenvalue weighted by atomic mass is 16.5. The monoisotopic (exact) mass is 300 g/mol. The third-order valence-corrected chi connectivity index (χ3v) is 2.97. The van der Waals surface area contributed by atoms with Gasteiger partial charge in [-0.3, -0.25) is 4.79 Å². The van der Waals surface area contributed by atoms with Crippen LogP contribution in [-0.2, 0) is 11.3 Å². The largest absolute Gasteiger partial charge is 0.481 e. The van der Waals surface area contributed by atoms with Crippen LogP contribution in [0.15, 0.2) is 42.6 Å². The summed E-state index contributed by atoms with van der Waals surface area (Å²) < 4.78 is 5.57. The summed E-state index contributed by atoms with van der Waals surface area (Å²) in [7, 11) is 3.74. The van der Waals surface area contributed by atoms with Crippen LogP contribution < -0.4 is 15.0 Å². The second kappa shape index (κ2) is 7.40. The SMILES string of the molecule is C[C@H](Oc1ccccc1)C(=O)NCc1ccnc(N(C)C)n1. The number of aromatic nitrogens is 2.